The topological polar surface area (TPSA) is 82.7 Å². The predicted octanol–water partition coefficient (Wildman–Crippen LogP) is 1.99. The Hall–Kier alpha value is -1.85. The first-order valence-electron chi connectivity index (χ1n) is 6.04. The van der Waals surface area contributed by atoms with Crippen molar-refractivity contribution in [2.24, 2.45) is 0 Å². The van der Waals surface area contributed by atoms with Crippen LogP contribution >= 0.6 is 0 Å². The third kappa shape index (κ3) is 3.56. The molecule has 2 aromatic rings. The summed E-state index contributed by atoms with van der Waals surface area (Å²) in [5.41, 5.74) is 0.814. The monoisotopic (exact) mass is 263 g/mol. The van der Waals surface area contributed by atoms with Crippen molar-refractivity contribution in [2.45, 2.75) is 26.0 Å². The van der Waals surface area contributed by atoms with Gasteiger partial charge < -0.3 is 19.9 Å². The van der Waals surface area contributed by atoms with Gasteiger partial charge in [-0.2, -0.15) is 0 Å². The summed E-state index contributed by atoms with van der Waals surface area (Å²) in [7, 11) is 0. The van der Waals surface area contributed by atoms with Crippen molar-refractivity contribution in [3.63, 3.8) is 0 Å². The number of carboxylic acids is 1. The molecule has 0 aliphatic rings. The van der Waals surface area contributed by atoms with E-state index in [-0.39, 0.29) is 5.76 Å². The maximum absolute atomic E-state index is 10.8. The van der Waals surface area contributed by atoms with Crippen LogP contribution in [0, 0.1) is 0 Å². The van der Waals surface area contributed by atoms with Gasteiger partial charge in [0.15, 0.2) is 0 Å². The van der Waals surface area contributed by atoms with Crippen LogP contribution in [0.25, 0.3) is 11.0 Å². The van der Waals surface area contributed by atoms with Crippen LogP contribution in [0.4, 0.5) is 0 Å². The van der Waals surface area contributed by atoms with E-state index in [2.05, 4.69) is 5.32 Å². The fourth-order valence-corrected chi connectivity index (χ4v) is 1.82. The number of aromatic carboxylic acids is 1. The molecule has 0 aliphatic heterocycles. The van der Waals surface area contributed by atoms with Crippen molar-refractivity contribution in [3.05, 3.63) is 35.6 Å². The number of rotatable bonds is 5. The third-order valence-corrected chi connectivity index (χ3v) is 2.68. The molecule has 0 saturated carbocycles. The number of hydrogen-bond donors (Lipinski definition) is 3. The summed E-state index contributed by atoms with van der Waals surface area (Å²) < 4.78 is 5.18. The number of carbonyl (C=O) groups is 1. The minimum atomic E-state index is -1.07. The quantitative estimate of drug-likeness (QED) is 0.768. The van der Waals surface area contributed by atoms with Crippen LogP contribution in [0.2, 0.25) is 0 Å². The van der Waals surface area contributed by atoms with Gasteiger partial charge in [-0.3, -0.25) is 0 Å². The van der Waals surface area contributed by atoms with Gasteiger partial charge in [0.05, 0.1) is 5.60 Å². The standard InChI is InChI=1S/C14H17NO4/c1-14(2,18)8-15-7-9-3-4-11-10(5-9)6-12(19-11)13(16)17/h3-6,15,18H,7-8H2,1-2H3,(H,16,17). The van der Waals surface area contributed by atoms with Gasteiger partial charge in [-0.25, -0.2) is 4.79 Å². The first-order valence-corrected chi connectivity index (χ1v) is 6.04. The Morgan fingerprint density at radius 1 is 1.37 bits per heavy atom. The van der Waals surface area contributed by atoms with Crippen LogP contribution in [-0.4, -0.2) is 28.3 Å². The van der Waals surface area contributed by atoms with Crippen molar-refractivity contribution in [2.75, 3.05) is 6.54 Å². The molecule has 1 aromatic heterocycles. The van der Waals surface area contributed by atoms with Gasteiger partial charge in [0.1, 0.15) is 5.58 Å². The van der Waals surface area contributed by atoms with E-state index in [1.807, 2.05) is 12.1 Å². The van der Waals surface area contributed by atoms with Crippen LogP contribution < -0.4 is 5.32 Å². The molecular formula is C14H17NO4. The van der Waals surface area contributed by atoms with E-state index in [0.29, 0.717) is 18.7 Å². The Kier molecular flexibility index (Phi) is 3.59. The molecule has 0 radical (unpaired) electrons. The molecule has 0 amide bonds. The lowest BCUT2D eigenvalue weighted by Gasteiger charge is -2.17. The SMILES string of the molecule is CC(C)(O)CNCc1ccc2oc(C(=O)O)cc2c1. The Morgan fingerprint density at radius 2 is 2.11 bits per heavy atom. The van der Waals surface area contributed by atoms with Crippen LogP contribution in [0.15, 0.2) is 28.7 Å². The number of furan rings is 1. The second-order valence-electron chi connectivity index (χ2n) is 5.20. The van der Waals surface area contributed by atoms with Crippen molar-refractivity contribution < 1.29 is 19.4 Å². The largest absolute Gasteiger partial charge is 0.475 e. The summed E-state index contributed by atoms with van der Waals surface area (Å²) in [4.78, 5) is 10.8. The average Bonchev–Trinajstić information content (AvgIpc) is 2.70. The van der Waals surface area contributed by atoms with Crippen molar-refractivity contribution in [1.82, 2.24) is 5.32 Å². The van der Waals surface area contributed by atoms with Gasteiger partial charge in [-0.15, -0.1) is 0 Å². The van der Waals surface area contributed by atoms with Crippen LogP contribution in [0.1, 0.15) is 30.0 Å². The fourth-order valence-electron chi connectivity index (χ4n) is 1.82. The third-order valence-electron chi connectivity index (χ3n) is 2.68. The summed E-state index contributed by atoms with van der Waals surface area (Å²) in [6, 6.07) is 7.01. The summed E-state index contributed by atoms with van der Waals surface area (Å²) >= 11 is 0. The Labute approximate surface area is 110 Å². The van der Waals surface area contributed by atoms with E-state index in [0.717, 1.165) is 10.9 Å². The molecule has 5 heteroatoms. The molecule has 3 N–H and O–H groups in total. The molecule has 5 nitrogen and oxygen atoms in total. The summed E-state index contributed by atoms with van der Waals surface area (Å²) in [6.07, 6.45) is 0. The normalized spacial score (nSPS) is 11.9. The second-order valence-corrected chi connectivity index (χ2v) is 5.20. The van der Waals surface area contributed by atoms with Gasteiger partial charge in [-0.05, 0) is 37.6 Å². The molecule has 0 atom stereocenters. The molecule has 1 aromatic carbocycles. The highest BCUT2D eigenvalue weighted by molar-refractivity contribution is 5.91. The lowest BCUT2D eigenvalue weighted by molar-refractivity contribution is 0.0664. The zero-order valence-corrected chi connectivity index (χ0v) is 10.9. The zero-order chi connectivity index (χ0) is 14.0. The summed E-state index contributed by atoms with van der Waals surface area (Å²) in [5.74, 6) is -1.13. The van der Waals surface area contributed by atoms with E-state index in [4.69, 9.17) is 9.52 Å². The summed E-state index contributed by atoms with van der Waals surface area (Å²) in [5, 5.41) is 22.3. The Morgan fingerprint density at radius 3 is 2.74 bits per heavy atom. The van der Waals surface area contributed by atoms with Gasteiger partial charge in [0, 0.05) is 18.5 Å². The first-order chi connectivity index (χ1) is 8.85. The van der Waals surface area contributed by atoms with E-state index in [1.165, 1.54) is 6.07 Å². The molecule has 0 aliphatic carbocycles. The predicted molar refractivity (Wildman–Crippen MR) is 71.2 cm³/mol. The van der Waals surface area contributed by atoms with Gasteiger partial charge in [-0.1, -0.05) is 6.07 Å². The maximum atomic E-state index is 10.8. The van der Waals surface area contributed by atoms with E-state index in [9.17, 15) is 9.90 Å². The molecule has 0 fully saturated rings. The van der Waals surface area contributed by atoms with E-state index < -0.39 is 11.6 Å². The van der Waals surface area contributed by atoms with Crippen LogP contribution in [0.5, 0.6) is 0 Å². The van der Waals surface area contributed by atoms with E-state index >= 15 is 0 Å². The number of carboxylic acid groups (broad SMARTS) is 1. The van der Waals surface area contributed by atoms with Crippen LogP contribution in [0.3, 0.4) is 0 Å². The molecule has 0 saturated heterocycles. The highest BCUT2D eigenvalue weighted by atomic mass is 16.4. The van der Waals surface area contributed by atoms with Crippen molar-refractivity contribution >= 4 is 16.9 Å². The van der Waals surface area contributed by atoms with Gasteiger partial charge in [0.25, 0.3) is 0 Å². The molecule has 2 rings (SSSR count). The molecule has 0 bridgehead atoms. The molecule has 0 spiro atoms. The lowest BCUT2D eigenvalue weighted by atomic mass is 10.1. The smallest absolute Gasteiger partial charge is 0.371 e. The Balaban J connectivity index is 2.11. The highest BCUT2D eigenvalue weighted by Gasteiger charge is 2.12. The van der Waals surface area contributed by atoms with Crippen molar-refractivity contribution in [3.8, 4) is 0 Å². The zero-order valence-electron chi connectivity index (χ0n) is 10.9. The van der Waals surface area contributed by atoms with Crippen molar-refractivity contribution in [1.29, 1.82) is 0 Å². The molecule has 102 valence electrons. The molecule has 1 heterocycles. The van der Waals surface area contributed by atoms with Gasteiger partial charge in [0.2, 0.25) is 5.76 Å². The number of hydrogen-bond acceptors (Lipinski definition) is 4. The highest BCUT2D eigenvalue weighted by Crippen LogP contribution is 2.20. The average molecular weight is 263 g/mol. The summed E-state index contributed by atoms with van der Waals surface area (Å²) in [6.45, 7) is 4.56. The molecule has 19 heavy (non-hydrogen) atoms. The number of benzene rings is 1. The van der Waals surface area contributed by atoms with Gasteiger partial charge >= 0.3 is 5.97 Å². The number of nitrogens with one attached hydrogen (secondary N) is 1. The number of aliphatic hydroxyl groups is 1. The first kappa shape index (κ1) is 13.6. The minimum absolute atomic E-state index is 0.0587. The minimum Gasteiger partial charge on any atom is -0.475 e. The second kappa shape index (κ2) is 5.03. The maximum Gasteiger partial charge on any atom is 0.371 e. The van der Waals surface area contributed by atoms with E-state index in [1.54, 1.807) is 19.9 Å². The Bertz CT molecular complexity index is 595. The van der Waals surface area contributed by atoms with Crippen LogP contribution in [-0.2, 0) is 6.54 Å². The number of fused-ring (bicyclic) bond motifs is 1. The molecular weight excluding hydrogens is 246 g/mol. The fraction of sp³-hybridized carbons (Fsp3) is 0.357. The lowest BCUT2D eigenvalue weighted by Crippen LogP contribution is -2.34. The molecule has 0 unspecified atom stereocenters.